The summed E-state index contributed by atoms with van der Waals surface area (Å²) in [6, 6.07) is 13.2. The maximum absolute atomic E-state index is 13.3. The summed E-state index contributed by atoms with van der Waals surface area (Å²) in [5.41, 5.74) is 1.43. The van der Waals surface area contributed by atoms with Gasteiger partial charge in [-0.3, -0.25) is 14.9 Å². The molecule has 12 heteroatoms. The molecule has 0 N–H and O–H groups in total. The van der Waals surface area contributed by atoms with E-state index in [-0.39, 0.29) is 28.6 Å². The third kappa shape index (κ3) is 6.48. The molecule has 0 atom stereocenters. The summed E-state index contributed by atoms with van der Waals surface area (Å²) in [4.78, 5) is 28.6. The lowest BCUT2D eigenvalue weighted by Gasteiger charge is -2.16. The molecule has 202 valence electrons. The molecular formula is C27H23Br2ClN4O5. The van der Waals surface area contributed by atoms with Crippen LogP contribution in [0, 0.1) is 10.1 Å². The zero-order valence-electron chi connectivity index (χ0n) is 21.0. The van der Waals surface area contributed by atoms with Gasteiger partial charge in [-0.2, -0.15) is 9.78 Å². The Balaban J connectivity index is 1.72. The first kappa shape index (κ1) is 28.7. The van der Waals surface area contributed by atoms with Gasteiger partial charge in [0.05, 0.1) is 28.6 Å². The Hall–Kier alpha value is -3.28. The molecule has 0 bridgehead atoms. The molecule has 0 saturated carbocycles. The Morgan fingerprint density at radius 1 is 1.15 bits per heavy atom. The van der Waals surface area contributed by atoms with Crippen molar-refractivity contribution in [1.29, 1.82) is 0 Å². The molecule has 0 radical (unpaired) electrons. The van der Waals surface area contributed by atoms with Crippen LogP contribution in [0.15, 0.2) is 67.4 Å². The van der Waals surface area contributed by atoms with E-state index in [1.807, 2.05) is 19.9 Å². The fourth-order valence-electron chi connectivity index (χ4n) is 3.83. The van der Waals surface area contributed by atoms with Crippen LogP contribution in [0.5, 0.6) is 11.5 Å². The van der Waals surface area contributed by atoms with E-state index in [9.17, 15) is 14.9 Å². The van der Waals surface area contributed by atoms with Crippen LogP contribution in [-0.4, -0.2) is 27.4 Å². The number of non-ortho nitro benzene ring substituents is 1. The predicted molar refractivity (Wildman–Crippen MR) is 158 cm³/mol. The van der Waals surface area contributed by atoms with Crippen LogP contribution in [0.1, 0.15) is 37.2 Å². The van der Waals surface area contributed by atoms with E-state index < -0.39 is 4.92 Å². The Morgan fingerprint density at radius 3 is 2.67 bits per heavy atom. The van der Waals surface area contributed by atoms with Crippen molar-refractivity contribution in [2.45, 2.75) is 33.3 Å². The quantitative estimate of drug-likeness (QED) is 0.0990. The van der Waals surface area contributed by atoms with Gasteiger partial charge < -0.3 is 9.47 Å². The zero-order chi connectivity index (χ0) is 28.1. The number of ether oxygens (including phenoxy) is 2. The highest BCUT2D eigenvalue weighted by atomic mass is 79.9. The van der Waals surface area contributed by atoms with Crippen molar-refractivity contribution in [2.24, 2.45) is 5.10 Å². The van der Waals surface area contributed by atoms with Crippen LogP contribution >= 0.6 is 43.5 Å². The normalized spacial score (nSPS) is 11.3. The summed E-state index contributed by atoms with van der Waals surface area (Å²) in [5, 5.41) is 16.3. The summed E-state index contributed by atoms with van der Waals surface area (Å²) in [6.07, 6.45) is 2.86. The van der Waals surface area contributed by atoms with Crippen molar-refractivity contribution in [2.75, 3.05) is 6.61 Å². The lowest BCUT2D eigenvalue weighted by molar-refractivity contribution is -0.384. The van der Waals surface area contributed by atoms with Crippen molar-refractivity contribution < 1.29 is 14.4 Å². The van der Waals surface area contributed by atoms with Gasteiger partial charge in [0.25, 0.3) is 11.2 Å². The van der Waals surface area contributed by atoms with Gasteiger partial charge in [0.2, 0.25) is 0 Å². The van der Waals surface area contributed by atoms with Gasteiger partial charge >= 0.3 is 0 Å². The Bertz CT molecular complexity index is 1640. The van der Waals surface area contributed by atoms with Gasteiger partial charge in [-0.15, -0.1) is 0 Å². The molecule has 0 aliphatic heterocycles. The second-order valence-electron chi connectivity index (χ2n) is 8.37. The summed E-state index contributed by atoms with van der Waals surface area (Å²) >= 11 is 13.6. The minimum absolute atomic E-state index is 0.0341. The van der Waals surface area contributed by atoms with Gasteiger partial charge in [0.1, 0.15) is 17.5 Å². The fraction of sp³-hybridized carbons (Fsp3) is 0.222. The molecule has 3 aromatic carbocycles. The molecule has 0 aliphatic rings. The number of rotatable bonds is 10. The summed E-state index contributed by atoms with van der Waals surface area (Å²) < 4.78 is 14.3. The second-order valence-corrected chi connectivity index (χ2v) is 10.5. The van der Waals surface area contributed by atoms with E-state index in [4.69, 9.17) is 21.1 Å². The van der Waals surface area contributed by atoms with Crippen LogP contribution in [0.25, 0.3) is 10.9 Å². The van der Waals surface area contributed by atoms with Crippen molar-refractivity contribution >= 4 is 66.3 Å². The third-order valence-corrected chi connectivity index (χ3v) is 7.56. The average Bonchev–Trinajstić information content (AvgIpc) is 2.91. The Labute approximate surface area is 245 Å². The Kier molecular flexibility index (Phi) is 9.36. The lowest BCUT2D eigenvalue weighted by Crippen LogP contribution is -2.22. The summed E-state index contributed by atoms with van der Waals surface area (Å²) in [7, 11) is 0. The summed E-state index contributed by atoms with van der Waals surface area (Å²) in [5.74, 6) is 1.17. The van der Waals surface area contributed by atoms with Gasteiger partial charge in [0.15, 0.2) is 11.5 Å². The molecule has 0 saturated heterocycles. The molecule has 1 heterocycles. The SMILES string of the molecule is CCCc1nc2ccc(Br)cc2c(=O)n1N=Cc1cc(OCC)c(OCc2cccc([N+](=O)[O-])c2)c(Cl)c1Br. The van der Waals surface area contributed by atoms with Crippen molar-refractivity contribution in [3.05, 3.63) is 99.9 Å². The number of fused-ring (bicyclic) bond motifs is 1. The zero-order valence-corrected chi connectivity index (χ0v) is 24.9. The number of hydrogen-bond donors (Lipinski definition) is 0. The predicted octanol–water partition coefficient (Wildman–Crippen LogP) is 7.30. The Morgan fingerprint density at radius 2 is 1.95 bits per heavy atom. The molecule has 0 aliphatic carbocycles. The lowest BCUT2D eigenvalue weighted by atomic mass is 10.2. The number of halogens is 3. The first-order valence-corrected chi connectivity index (χ1v) is 14.0. The van der Waals surface area contributed by atoms with E-state index in [1.54, 1.807) is 30.3 Å². The first-order valence-electron chi connectivity index (χ1n) is 12.0. The van der Waals surface area contributed by atoms with Crippen LogP contribution in [0.4, 0.5) is 5.69 Å². The molecule has 0 unspecified atom stereocenters. The number of nitro benzene ring substituents is 1. The minimum Gasteiger partial charge on any atom is -0.490 e. The number of nitrogens with zero attached hydrogens (tertiary/aromatic N) is 4. The monoisotopic (exact) mass is 676 g/mol. The van der Waals surface area contributed by atoms with E-state index in [0.29, 0.717) is 51.1 Å². The van der Waals surface area contributed by atoms with Crippen molar-refractivity contribution in [1.82, 2.24) is 9.66 Å². The number of hydrogen-bond acceptors (Lipinski definition) is 7. The largest absolute Gasteiger partial charge is 0.490 e. The van der Waals surface area contributed by atoms with Crippen LogP contribution in [0.3, 0.4) is 0 Å². The highest BCUT2D eigenvalue weighted by Gasteiger charge is 2.19. The standard InChI is InChI=1S/C27H23Br2ClN4O5/c1-3-6-23-32-21-10-9-18(28)13-20(21)27(35)33(23)31-14-17-12-22(38-4-2)26(25(30)24(17)29)39-15-16-7-5-8-19(11-16)34(36)37/h5,7-14H,3-4,6,15H2,1-2H3. The highest BCUT2D eigenvalue weighted by molar-refractivity contribution is 9.10. The molecule has 4 rings (SSSR count). The minimum atomic E-state index is -0.464. The smallest absolute Gasteiger partial charge is 0.282 e. The molecule has 0 fully saturated rings. The molecule has 0 spiro atoms. The first-order chi connectivity index (χ1) is 18.7. The molecule has 4 aromatic rings. The molecule has 9 nitrogen and oxygen atoms in total. The molecule has 1 aromatic heterocycles. The van der Waals surface area contributed by atoms with E-state index >= 15 is 0 Å². The van der Waals surface area contributed by atoms with Gasteiger partial charge in [-0.1, -0.05) is 46.6 Å². The van der Waals surface area contributed by atoms with Crippen LogP contribution < -0.4 is 15.0 Å². The molecule has 0 amide bonds. The highest BCUT2D eigenvalue weighted by Crippen LogP contribution is 2.42. The maximum atomic E-state index is 13.3. The average molecular weight is 679 g/mol. The van der Waals surface area contributed by atoms with Gasteiger partial charge in [-0.05, 0) is 59.1 Å². The fourth-order valence-corrected chi connectivity index (χ4v) is 4.85. The van der Waals surface area contributed by atoms with E-state index in [1.165, 1.54) is 23.0 Å². The number of aryl methyl sites for hydroxylation is 1. The van der Waals surface area contributed by atoms with Crippen molar-refractivity contribution in [3.63, 3.8) is 0 Å². The van der Waals surface area contributed by atoms with Crippen LogP contribution in [-0.2, 0) is 13.0 Å². The molecular weight excluding hydrogens is 656 g/mol. The third-order valence-electron chi connectivity index (χ3n) is 5.62. The van der Waals surface area contributed by atoms with E-state index in [2.05, 4.69) is 41.9 Å². The van der Waals surface area contributed by atoms with Gasteiger partial charge in [0, 0.05) is 33.1 Å². The van der Waals surface area contributed by atoms with Crippen molar-refractivity contribution in [3.8, 4) is 11.5 Å². The number of nitro groups is 1. The van der Waals surface area contributed by atoms with E-state index in [0.717, 1.165) is 10.9 Å². The summed E-state index contributed by atoms with van der Waals surface area (Å²) in [6.45, 7) is 4.20. The second kappa shape index (κ2) is 12.7. The van der Waals surface area contributed by atoms with Crippen LogP contribution in [0.2, 0.25) is 5.02 Å². The topological polar surface area (TPSA) is 109 Å². The van der Waals surface area contributed by atoms with Gasteiger partial charge in [-0.25, -0.2) is 4.98 Å². The molecule has 39 heavy (non-hydrogen) atoms. The number of aromatic nitrogens is 2. The maximum Gasteiger partial charge on any atom is 0.282 e. The number of benzene rings is 3.